The van der Waals surface area contributed by atoms with E-state index in [2.05, 4.69) is 0 Å². The van der Waals surface area contributed by atoms with Gasteiger partial charge in [-0.2, -0.15) is 0 Å². The van der Waals surface area contributed by atoms with Gasteiger partial charge in [-0.15, -0.1) is 12.4 Å². The number of nitrogens with zero attached hydrogens (tertiary/aromatic N) is 2. The molecule has 0 bridgehead atoms. The predicted octanol–water partition coefficient (Wildman–Crippen LogP) is 2.64. The molecule has 1 aromatic rings. The molecule has 0 aromatic heterocycles. The molecule has 9 heteroatoms. The van der Waals surface area contributed by atoms with Crippen molar-refractivity contribution in [2.45, 2.75) is 19.3 Å². The van der Waals surface area contributed by atoms with E-state index in [1.54, 1.807) is 4.90 Å². The van der Waals surface area contributed by atoms with E-state index in [1.165, 1.54) is 18.2 Å². The second-order valence-corrected chi connectivity index (χ2v) is 5.96. The van der Waals surface area contributed by atoms with Crippen molar-refractivity contribution in [1.29, 1.82) is 0 Å². The van der Waals surface area contributed by atoms with E-state index in [-0.39, 0.29) is 47.8 Å². The predicted molar refractivity (Wildman–Crippen MR) is 93.8 cm³/mol. The lowest BCUT2D eigenvalue weighted by Gasteiger charge is -2.31. The number of nitrogens with two attached hydrogens (primary N) is 1. The summed E-state index contributed by atoms with van der Waals surface area (Å²) in [6.07, 6.45) is 2.03. The molecule has 1 saturated heterocycles. The van der Waals surface area contributed by atoms with Crippen LogP contribution in [0.2, 0.25) is 5.02 Å². The van der Waals surface area contributed by atoms with E-state index in [0.29, 0.717) is 25.6 Å². The minimum Gasteiger partial charge on any atom is -0.486 e. The third kappa shape index (κ3) is 5.51. The Bertz CT molecular complexity index is 578. The minimum atomic E-state index is -0.555. The van der Waals surface area contributed by atoms with Crippen LogP contribution in [0.5, 0.6) is 5.75 Å². The van der Waals surface area contributed by atoms with Gasteiger partial charge in [0, 0.05) is 24.2 Å². The summed E-state index contributed by atoms with van der Waals surface area (Å²) in [6, 6.07) is 4.19. The van der Waals surface area contributed by atoms with Gasteiger partial charge < -0.3 is 15.4 Å². The number of piperidine rings is 1. The van der Waals surface area contributed by atoms with Gasteiger partial charge in [-0.05, 0) is 37.4 Å². The first-order valence-corrected chi connectivity index (χ1v) is 7.93. The van der Waals surface area contributed by atoms with Gasteiger partial charge in [-0.25, -0.2) is 0 Å². The Balaban J connectivity index is 0.00000288. The van der Waals surface area contributed by atoms with Crippen molar-refractivity contribution in [3.8, 4) is 5.75 Å². The van der Waals surface area contributed by atoms with Crippen molar-refractivity contribution in [2.24, 2.45) is 11.7 Å². The van der Waals surface area contributed by atoms with E-state index < -0.39 is 4.92 Å². The Morgan fingerprint density at radius 2 is 2.08 bits per heavy atom. The molecule has 2 rings (SSSR count). The molecule has 1 aliphatic heterocycles. The van der Waals surface area contributed by atoms with Crippen LogP contribution >= 0.6 is 24.0 Å². The number of halogens is 2. The SMILES string of the molecule is Cl.NCC1CCN(C(=O)CCOc2ccc(Cl)cc2[N+](=O)[O-])CC1. The number of nitro benzene ring substituents is 1. The van der Waals surface area contributed by atoms with Gasteiger partial charge in [-0.3, -0.25) is 14.9 Å². The van der Waals surface area contributed by atoms with E-state index in [9.17, 15) is 14.9 Å². The summed E-state index contributed by atoms with van der Waals surface area (Å²) in [5, 5.41) is 11.2. The van der Waals surface area contributed by atoms with Gasteiger partial charge >= 0.3 is 5.69 Å². The van der Waals surface area contributed by atoms with Crippen LogP contribution in [0.1, 0.15) is 19.3 Å². The zero-order valence-electron chi connectivity index (χ0n) is 13.2. The zero-order chi connectivity index (χ0) is 16.8. The molecule has 2 N–H and O–H groups in total. The fourth-order valence-corrected chi connectivity index (χ4v) is 2.75. The lowest BCUT2D eigenvalue weighted by atomic mass is 9.97. The summed E-state index contributed by atoms with van der Waals surface area (Å²) in [6.45, 7) is 2.17. The topological polar surface area (TPSA) is 98.7 Å². The number of amides is 1. The molecular formula is C15H21Cl2N3O4. The summed E-state index contributed by atoms with van der Waals surface area (Å²) in [5.74, 6) is 0.609. The van der Waals surface area contributed by atoms with Gasteiger partial charge in [0.05, 0.1) is 18.0 Å². The summed E-state index contributed by atoms with van der Waals surface area (Å²) >= 11 is 5.74. The van der Waals surface area contributed by atoms with Crippen molar-refractivity contribution in [1.82, 2.24) is 4.90 Å². The van der Waals surface area contributed by atoms with Crippen molar-refractivity contribution in [2.75, 3.05) is 26.2 Å². The van der Waals surface area contributed by atoms with E-state index >= 15 is 0 Å². The van der Waals surface area contributed by atoms with Gasteiger partial charge in [0.2, 0.25) is 5.91 Å². The average molecular weight is 378 g/mol. The molecule has 0 unspecified atom stereocenters. The number of ether oxygens (including phenoxy) is 1. The van der Waals surface area contributed by atoms with Gasteiger partial charge in [-0.1, -0.05) is 11.6 Å². The number of hydrogen-bond donors (Lipinski definition) is 1. The van der Waals surface area contributed by atoms with Crippen LogP contribution in [0, 0.1) is 16.0 Å². The molecule has 0 aliphatic carbocycles. The monoisotopic (exact) mass is 377 g/mol. The lowest BCUT2D eigenvalue weighted by Crippen LogP contribution is -2.40. The molecule has 1 aliphatic rings. The first kappa shape index (κ1) is 20.5. The Morgan fingerprint density at radius 3 is 2.67 bits per heavy atom. The van der Waals surface area contributed by atoms with Gasteiger partial charge in [0.25, 0.3) is 0 Å². The highest BCUT2D eigenvalue weighted by molar-refractivity contribution is 6.30. The normalized spacial score (nSPS) is 14.8. The Kier molecular flexibility index (Phi) is 8.24. The number of carbonyl (C=O) groups excluding carboxylic acids is 1. The van der Waals surface area contributed by atoms with Crippen LogP contribution in [-0.4, -0.2) is 42.0 Å². The largest absolute Gasteiger partial charge is 0.486 e. The number of benzene rings is 1. The van der Waals surface area contributed by atoms with Crippen molar-refractivity contribution < 1.29 is 14.5 Å². The zero-order valence-corrected chi connectivity index (χ0v) is 14.7. The third-order valence-electron chi connectivity index (χ3n) is 3.99. The summed E-state index contributed by atoms with van der Waals surface area (Å²) in [5.41, 5.74) is 5.43. The number of likely N-dealkylation sites (tertiary alicyclic amines) is 1. The maximum absolute atomic E-state index is 12.1. The van der Waals surface area contributed by atoms with Crippen molar-refractivity contribution in [3.05, 3.63) is 33.3 Å². The van der Waals surface area contributed by atoms with E-state index in [1.807, 2.05) is 0 Å². The number of hydrogen-bond acceptors (Lipinski definition) is 5. The molecule has 0 atom stereocenters. The second-order valence-electron chi connectivity index (χ2n) is 5.53. The van der Waals surface area contributed by atoms with Crippen LogP contribution in [0.25, 0.3) is 0 Å². The molecule has 7 nitrogen and oxygen atoms in total. The number of rotatable bonds is 6. The van der Waals surface area contributed by atoms with E-state index in [4.69, 9.17) is 22.1 Å². The smallest absolute Gasteiger partial charge is 0.312 e. The summed E-state index contributed by atoms with van der Waals surface area (Å²) < 4.78 is 5.39. The molecule has 134 valence electrons. The Labute approximate surface area is 151 Å². The average Bonchev–Trinajstić information content (AvgIpc) is 2.56. The molecule has 0 saturated carbocycles. The molecule has 0 radical (unpaired) electrons. The number of nitro groups is 1. The summed E-state index contributed by atoms with van der Waals surface area (Å²) in [4.78, 5) is 24.3. The van der Waals surface area contributed by atoms with Crippen LogP contribution in [0.3, 0.4) is 0 Å². The Morgan fingerprint density at radius 1 is 1.42 bits per heavy atom. The van der Waals surface area contributed by atoms with E-state index in [0.717, 1.165) is 12.8 Å². The maximum Gasteiger partial charge on any atom is 0.312 e. The fraction of sp³-hybridized carbons (Fsp3) is 0.533. The molecule has 1 fully saturated rings. The van der Waals surface area contributed by atoms with Crippen LogP contribution in [-0.2, 0) is 4.79 Å². The maximum atomic E-state index is 12.1. The summed E-state index contributed by atoms with van der Waals surface area (Å²) in [7, 11) is 0. The standard InChI is InChI=1S/C15H20ClN3O4.ClH/c16-12-1-2-14(13(9-12)19(21)22)23-8-5-15(20)18-6-3-11(10-17)4-7-18;/h1-2,9,11H,3-8,10,17H2;1H. The quantitative estimate of drug-likeness (QED) is 0.606. The fourth-order valence-electron chi connectivity index (χ4n) is 2.58. The third-order valence-corrected chi connectivity index (χ3v) is 4.23. The lowest BCUT2D eigenvalue weighted by molar-refractivity contribution is -0.385. The highest BCUT2D eigenvalue weighted by Crippen LogP contribution is 2.30. The molecule has 1 amide bonds. The van der Waals surface area contributed by atoms with Crippen LogP contribution in [0.15, 0.2) is 18.2 Å². The molecule has 24 heavy (non-hydrogen) atoms. The van der Waals surface area contributed by atoms with Gasteiger partial charge in [0.1, 0.15) is 0 Å². The minimum absolute atomic E-state index is 0. The highest BCUT2D eigenvalue weighted by atomic mass is 35.5. The number of carbonyl (C=O) groups is 1. The molecule has 1 heterocycles. The van der Waals surface area contributed by atoms with Crippen LogP contribution in [0.4, 0.5) is 5.69 Å². The molecule has 0 spiro atoms. The first-order valence-electron chi connectivity index (χ1n) is 7.56. The van der Waals surface area contributed by atoms with Crippen LogP contribution < -0.4 is 10.5 Å². The Hall–Kier alpha value is -1.57. The van der Waals surface area contributed by atoms with Crippen molar-refractivity contribution in [3.63, 3.8) is 0 Å². The molecular weight excluding hydrogens is 357 g/mol. The highest BCUT2D eigenvalue weighted by Gasteiger charge is 2.22. The molecule has 1 aromatic carbocycles. The van der Waals surface area contributed by atoms with Crippen molar-refractivity contribution >= 4 is 35.6 Å². The van der Waals surface area contributed by atoms with Gasteiger partial charge in [0.15, 0.2) is 5.75 Å². The first-order chi connectivity index (χ1) is 11.0. The second kappa shape index (κ2) is 9.66.